The zero-order valence-electron chi connectivity index (χ0n) is 12.0. The molecule has 108 valence electrons. The third-order valence-corrected chi connectivity index (χ3v) is 4.38. The van der Waals surface area contributed by atoms with Crippen molar-refractivity contribution in [2.75, 3.05) is 11.1 Å². The number of hydrogen-bond acceptors (Lipinski definition) is 4. The van der Waals surface area contributed by atoms with E-state index in [2.05, 4.69) is 22.4 Å². The van der Waals surface area contributed by atoms with Crippen molar-refractivity contribution in [1.82, 2.24) is 4.98 Å². The predicted octanol–water partition coefficient (Wildman–Crippen LogP) is 3.70. The first-order valence-electron chi connectivity index (χ1n) is 7.54. The lowest BCUT2D eigenvalue weighted by molar-refractivity contribution is 0.343. The number of aromatic nitrogens is 1. The summed E-state index contributed by atoms with van der Waals surface area (Å²) in [6.07, 6.45) is 6.85. The van der Waals surface area contributed by atoms with E-state index in [1.165, 1.54) is 0 Å². The number of benzene rings is 1. The van der Waals surface area contributed by atoms with Crippen LogP contribution in [0.4, 0.5) is 11.4 Å². The molecule has 1 aliphatic rings. The van der Waals surface area contributed by atoms with Gasteiger partial charge in [0, 0.05) is 17.8 Å². The molecule has 0 radical (unpaired) electrons. The number of nitriles is 1. The van der Waals surface area contributed by atoms with E-state index in [0.717, 1.165) is 42.3 Å². The van der Waals surface area contributed by atoms with Crippen molar-refractivity contribution in [2.45, 2.75) is 38.1 Å². The normalized spacial score (nSPS) is 21.9. The molecule has 0 aliphatic heterocycles. The topological polar surface area (TPSA) is 74.7 Å². The number of hydrogen-bond donors (Lipinski definition) is 2. The quantitative estimate of drug-likeness (QED) is 0.899. The van der Waals surface area contributed by atoms with Gasteiger partial charge in [0.1, 0.15) is 0 Å². The largest absolute Gasteiger partial charge is 0.396 e. The van der Waals surface area contributed by atoms with Gasteiger partial charge in [-0.15, -0.1) is 0 Å². The van der Waals surface area contributed by atoms with Crippen LogP contribution in [0, 0.1) is 17.2 Å². The second-order valence-electron chi connectivity index (χ2n) is 5.83. The maximum atomic E-state index is 8.79. The lowest BCUT2D eigenvalue weighted by Crippen LogP contribution is -2.26. The molecule has 0 bridgehead atoms. The number of nitrogens with zero attached hydrogens (tertiary/aromatic N) is 2. The number of pyridine rings is 1. The Hall–Kier alpha value is -2.28. The Morgan fingerprint density at radius 1 is 1.24 bits per heavy atom. The van der Waals surface area contributed by atoms with E-state index in [-0.39, 0.29) is 0 Å². The van der Waals surface area contributed by atoms with Crippen molar-refractivity contribution in [1.29, 1.82) is 5.26 Å². The Morgan fingerprint density at radius 2 is 2.00 bits per heavy atom. The number of nitrogens with two attached hydrogens (primary N) is 1. The fourth-order valence-electron chi connectivity index (χ4n) is 3.16. The molecule has 3 N–H and O–H groups in total. The zero-order valence-corrected chi connectivity index (χ0v) is 12.0. The first-order chi connectivity index (χ1) is 10.3. The minimum absolute atomic E-state index is 0.438. The number of anilines is 2. The summed E-state index contributed by atoms with van der Waals surface area (Å²) in [6, 6.07) is 10.8. The number of fused-ring (bicyclic) bond motifs is 1. The van der Waals surface area contributed by atoms with Crippen LogP contribution in [0.5, 0.6) is 0 Å². The minimum Gasteiger partial charge on any atom is -0.396 e. The van der Waals surface area contributed by atoms with Crippen LogP contribution < -0.4 is 11.1 Å². The molecular weight excluding hydrogens is 260 g/mol. The van der Waals surface area contributed by atoms with Gasteiger partial charge in [-0.05, 0) is 37.7 Å². The maximum absolute atomic E-state index is 8.79. The van der Waals surface area contributed by atoms with Crippen molar-refractivity contribution in [3.63, 3.8) is 0 Å². The summed E-state index contributed by atoms with van der Waals surface area (Å²) in [5.41, 5.74) is 8.78. The highest BCUT2D eigenvalue weighted by Gasteiger charge is 2.21. The second kappa shape index (κ2) is 6.01. The third-order valence-electron chi connectivity index (χ3n) is 4.38. The molecule has 21 heavy (non-hydrogen) atoms. The monoisotopic (exact) mass is 280 g/mol. The lowest BCUT2D eigenvalue weighted by atomic mass is 9.84. The van der Waals surface area contributed by atoms with Gasteiger partial charge in [-0.2, -0.15) is 5.26 Å². The van der Waals surface area contributed by atoms with Gasteiger partial charge in [-0.1, -0.05) is 18.2 Å². The van der Waals surface area contributed by atoms with Crippen LogP contribution in [0.15, 0.2) is 30.5 Å². The van der Waals surface area contributed by atoms with Gasteiger partial charge >= 0.3 is 0 Å². The summed E-state index contributed by atoms with van der Waals surface area (Å²) < 4.78 is 0. The Bertz CT molecular complexity index is 666. The molecule has 0 saturated heterocycles. The van der Waals surface area contributed by atoms with Gasteiger partial charge in [-0.3, -0.25) is 4.98 Å². The molecule has 3 rings (SSSR count). The second-order valence-corrected chi connectivity index (χ2v) is 5.83. The maximum Gasteiger partial charge on any atom is 0.0743 e. The molecule has 1 aromatic heterocycles. The summed E-state index contributed by atoms with van der Waals surface area (Å²) in [4.78, 5) is 4.37. The molecule has 0 spiro atoms. The molecular formula is C17H20N4. The first kappa shape index (κ1) is 13.7. The van der Waals surface area contributed by atoms with Gasteiger partial charge in [0.25, 0.3) is 0 Å². The smallest absolute Gasteiger partial charge is 0.0743 e. The fourth-order valence-corrected chi connectivity index (χ4v) is 3.16. The van der Waals surface area contributed by atoms with Gasteiger partial charge in [0.2, 0.25) is 0 Å². The highest BCUT2D eigenvalue weighted by molar-refractivity contribution is 5.96. The summed E-state index contributed by atoms with van der Waals surface area (Å²) in [5.74, 6) is 0.569. The molecule has 2 aromatic rings. The summed E-state index contributed by atoms with van der Waals surface area (Å²) >= 11 is 0. The average molecular weight is 280 g/mol. The van der Waals surface area contributed by atoms with E-state index in [1.54, 1.807) is 6.20 Å². The lowest BCUT2D eigenvalue weighted by Gasteiger charge is -2.29. The van der Waals surface area contributed by atoms with Crippen molar-refractivity contribution < 1.29 is 0 Å². The van der Waals surface area contributed by atoms with E-state index in [9.17, 15) is 0 Å². The van der Waals surface area contributed by atoms with Crippen LogP contribution >= 0.6 is 0 Å². The fraction of sp³-hybridized carbons (Fsp3) is 0.412. The van der Waals surface area contributed by atoms with Crippen LogP contribution in [0.1, 0.15) is 32.1 Å². The molecule has 4 nitrogen and oxygen atoms in total. The molecule has 1 heterocycles. The molecule has 0 amide bonds. The molecule has 1 fully saturated rings. The molecule has 0 atom stereocenters. The van der Waals surface area contributed by atoms with E-state index in [4.69, 9.17) is 11.0 Å². The number of para-hydroxylation sites is 1. The van der Waals surface area contributed by atoms with E-state index >= 15 is 0 Å². The van der Waals surface area contributed by atoms with E-state index in [1.807, 2.05) is 18.2 Å². The van der Waals surface area contributed by atoms with Crippen molar-refractivity contribution in [3.8, 4) is 6.07 Å². The van der Waals surface area contributed by atoms with Crippen molar-refractivity contribution in [3.05, 3.63) is 30.5 Å². The van der Waals surface area contributed by atoms with Gasteiger partial charge in [0.15, 0.2) is 0 Å². The molecule has 4 heteroatoms. The minimum atomic E-state index is 0.438. The van der Waals surface area contributed by atoms with Crippen LogP contribution in [0.2, 0.25) is 0 Å². The van der Waals surface area contributed by atoms with Gasteiger partial charge in [-0.25, -0.2) is 0 Å². The third kappa shape index (κ3) is 2.92. The van der Waals surface area contributed by atoms with E-state index in [0.29, 0.717) is 24.1 Å². The van der Waals surface area contributed by atoms with Gasteiger partial charge < -0.3 is 11.1 Å². The Balaban J connectivity index is 1.77. The SMILES string of the molecule is N#CCC1CCC(Nc2c(N)cnc3ccccc23)CC1. The highest BCUT2D eigenvalue weighted by atomic mass is 14.9. The van der Waals surface area contributed by atoms with Gasteiger partial charge in [0.05, 0.1) is 29.2 Å². The molecule has 1 aromatic carbocycles. The Kier molecular flexibility index (Phi) is 3.92. The number of nitrogens with one attached hydrogen (secondary N) is 1. The van der Waals surface area contributed by atoms with E-state index < -0.39 is 0 Å². The van der Waals surface area contributed by atoms with Crippen LogP contribution in [0.3, 0.4) is 0 Å². The summed E-state index contributed by atoms with van der Waals surface area (Å²) in [6.45, 7) is 0. The standard InChI is InChI=1S/C17H20N4/c18-10-9-12-5-7-13(8-6-12)21-17-14-3-1-2-4-16(14)20-11-15(17)19/h1-4,11-13H,5-9,19H2,(H,20,21). The number of nitrogen functional groups attached to an aromatic ring is 1. The highest BCUT2D eigenvalue weighted by Crippen LogP contribution is 2.33. The molecule has 1 aliphatic carbocycles. The summed E-state index contributed by atoms with van der Waals surface area (Å²) in [7, 11) is 0. The first-order valence-corrected chi connectivity index (χ1v) is 7.54. The van der Waals surface area contributed by atoms with Crippen molar-refractivity contribution >= 4 is 22.3 Å². The van der Waals surface area contributed by atoms with Crippen LogP contribution in [0.25, 0.3) is 10.9 Å². The number of rotatable bonds is 3. The van der Waals surface area contributed by atoms with Crippen molar-refractivity contribution in [2.24, 2.45) is 5.92 Å². The molecule has 0 unspecified atom stereocenters. The Morgan fingerprint density at radius 3 is 2.76 bits per heavy atom. The molecule has 1 saturated carbocycles. The van der Waals surface area contributed by atoms with Crippen LogP contribution in [-0.4, -0.2) is 11.0 Å². The Labute approximate surface area is 125 Å². The summed E-state index contributed by atoms with van der Waals surface area (Å²) in [5, 5.41) is 13.5. The predicted molar refractivity (Wildman–Crippen MR) is 85.8 cm³/mol. The zero-order chi connectivity index (χ0) is 14.7. The average Bonchev–Trinajstić information content (AvgIpc) is 2.52. The van der Waals surface area contributed by atoms with Crippen LogP contribution in [-0.2, 0) is 0 Å².